The van der Waals surface area contributed by atoms with Gasteiger partial charge in [-0.1, -0.05) is 6.07 Å². The van der Waals surface area contributed by atoms with Crippen LogP contribution in [-0.2, 0) is 22.0 Å². The van der Waals surface area contributed by atoms with Gasteiger partial charge in [0.1, 0.15) is 40.2 Å². The minimum Gasteiger partial charge on any atom is -0.494 e. The van der Waals surface area contributed by atoms with Gasteiger partial charge in [-0.3, -0.25) is 4.57 Å². The molecule has 4 rings (SSSR count). The Morgan fingerprint density at radius 2 is 1.54 bits per heavy atom. The molecule has 11 nitrogen and oxygen atoms in total. The highest BCUT2D eigenvalue weighted by Gasteiger charge is 2.30. The van der Waals surface area contributed by atoms with Crippen molar-refractivity contribution >= 4 is 9.84 Å². The first-order chi connectivity index (χ1) is 17.8. The lowest BCUT2D eigenvalue weighted by molar-refractivity contribution is 0.390. The number of benzene rings is 1. The van der Waals surface area contributed by atoms with Gasteiger partial charge in [0.05, 0.1) is 39.0 Å². The third-order valence-electron chi connectivity index (χ3n) is 5.65. The SMILES string of the molecule is COc1cccnc1-c1nnc(CS(=O)(=O)C(C)Cc2ncc(F)cn2)n1-c1c(OC)cccc1OC. The Bertz CT molecular complexity index is 1470. The first-order valence-corrected chi connectivity index (χ1v) is 12.8. The predicted octanol–water partition coefficient (Wildman–Crippen LogP) is 2.83. The van der Waals surface area contributed by atoms with Gasteiger partial charge in [0.2, 0.25) is 0 Å². The Kier molecular flexibility index (Phi) is 7.62. The van der Waals surface area contributed by atoms with Crippen LogP contribution in [0.4, 0.5) is 4.39 Å². The summed E-state index contributed by atoms with van der Waals surface area (Å²) in [5.41, 5.74) is 0.752. The molecule has 0 N–H and O–H groups in total. The van der Waals surface area contributed by atoms with E-state index in [1.54, 1.807) is 41.1 Å². The van der Waals surface area contributed by atoms with Gasteiger partial charge in [0.15, 0.2) is 27.3 Å². The van der Waals surface area contributed by atoms with Crippen molar-refractivity contribution in [3.05, 3.63) is 66.4 Å². The summed E-state index contributed by atoms with van der Waals surface area (Å²) in [5, 5.41) is 7.62. The van der Waals surface area contributed by atoms with Crippen LogP contribution in [0.5, 0.6) is 17.2 Å². The number of ether oxygens (including phenoxy) is 3. The van der Waals surface area contributed by atoms with E-state index in [0.29, 0.717) is 28.6 Å². The first kappa shape index (κ1) is 25.9. The molecule has 0 saturated heterocycles. The molecular formula is C24H25FN6O5S. The number of nitrogens with zero attached hydrogens (tertiary/aromatic N) is 6. The Balaban J connectivity index is 1.84. The normalized spacial score (nSPS) is 12.2. The average Bonchev–Trinajstić information content (AvgIpc) is 3.31. The molecule has 1 atom stereocenters. The molecule has 0 aliphatic rings. The lowest BCUT2D eigenvalue weighted by atomic mass is 10.2. The topological polar surface area (TPSA) is 131 Å². The quantitative estimate of drug-likeness (QED) is 0.303. The number of rotatable bonds is 10. The summed E-state index contributed by atoms with van der Waals surface area (Å²) in [7, 11) is 0.671. The maximum Gasteiger partial charge on any atom is 0.191 e. The maximum absolute atomic E-state index is 13.4. The molecule has 0 aliphatic heterocycles. The fourth-order valence-electron chi connectivity index (χ4n) is 3.72. The fourth-order valence-corrected chi connectivity index (χ4v) is 4.96. The summed E-state index contributed by atoms with van der Waals surface area (Å²) in [6.45, 7) is 1.54. The van der Waals surface area contributed by atoms with Crippen LogP contribution < -0.4 is 14.2 Å². The van der Waals surface area contributed by atoms with Crippen LogP contribution in [0.3, 0.4) is 0 Å². The van der Waals surface area contributed by atoms with Crippen LogP contribution >= 0.6 is 0 Å². The lowest BCUT2D eigenvalue weighted by Crippen LogP contribution is -2.24. The minimum atomic E-state index is -3.81. The summed E-state index contributed by atoms with van der Waals surface area (Å²) >= 11 is 0. The molecule has 4 aromatic rings. The molecule has 0 fully saturated rings. The van der Waals surface area contributed by atoms with Gasteiger partial charge in [-0.25, -0.2) is 27.8 Å². The minimum absolute atomic E-state index is 0.00431. The van der Waals surface area contributed by atoms with Gasteiger partial charge in [-0.15, -0.1) is 10.2 Å². The van der Waals surface area contributed by atoms with Crippen molar-refractivity contribution < 1.29 is 27.0 Å². The molecule has 13 heteroatoms. The van der Waals surface area contributed by atoms with Gasteiger partial charge in [0.25, 0.3) is 0 Å². The first-order valence-electron chi connectivity index (χ1n) is 11.1. The van der Waals surface area contributed by atoms with E-state index in [9.17, 15) is 12.8 Å². The van der Waals surface area contributed by atoms with Crippen LogP contribution in [0.25, 0.3) is 17.2 Å². The largest absolute Gasteiger partial charge is 0.494 e. The number of hydrogen-bond acceptors (Lipinski definition) is 10. The van der Waals surface area contributed by atoms with Gasteiger partial charge < -0.3 is 14.2 Å². The number of methoxy groups -OCH3 is 3. The molecule has 37 heavy (non-hydrogen) atoms. The Hall–Kier alpha value is -4.13. The zero-order valence-corrected chi connectivity index (χ0v) is 21.4. The lowest BCUT2D eigenvalue weighted by Gasteiger charge is -2.18. The Morgan fingerprint density at radius 1 is 0.919 bits per heavy atom. The van der Waals surface area contributed by atoms with Crippen LogP contribution in [0.1, 0.15) is 18.6 Å². The monoisotopic (exact) mass is 528 g/mol. The molecule has 194 valence electrons. The van der Waals surface area contributed by atoms with E-state index in [1.807, 2.05) is 0 Å². The van der Waals surface area contributed by atoms with Gasteiger partial charge in [-0.05, 0) is 31.2 Å². The third kappa shape index (κ3) is 5.35. The second-order valence-electron chi connectivity index (χ2n) is 7.98. The van der Waals surface area contributed by atoms with Crippen molar-refractivity contribution in [2.24, 2.45) is 0 Å². The average molecular weight is 529 g/mol. The van der Waals surface area contributed by atoms with E-state index >= 15 is 0 Å². The number of halogens is 1. The van der Waals surface area contributed by atoms with Gasteiger partial charge >= 0.3 is 0 Å². The molecule has 0 spiro atoms. The third-order valence-corrected chi connectivity index (χ3v) is 7.70. The van der Waals surface area contributed by atoms with E-state index in [1.165, 1.54) is 28.3 Å². The highest BCUT2D eigenvalue weighted by Crippen LogP contribution is 2.38. The fraction of sp³-hybridized carbons (Fsp3) is 0.292. The molecule has 0 saturated carbocycles. The second-order valence-corrected chi connectivity index (χ2v) is 10.4. The van der Waals surface area contributed by atoms with Gasteiger partial charge in [0, 0.05) is 12.6 Å². The number of hydrogen-bond donors (Lipinski definition) is 0. The summed E-state index contributed by atoms with van der Waals surface area (Å²) in [5.74, 6) is 0.709. The summed E-state index contributed by atoms with van der Waals surface area (Å²) < 4.78 is 58.2. The van der Waals surface area contributed by atoms with Crippen molar-refractivity contribution in [1.82, 2.24) is 29.7 Å². The molecule has 0 amide bonds. The summed E-state index contributed by atoms with van der Waals surface area (Å²) in [4.78, 5) is 12.1. The van der Waals surface area contributed by atoms with E-state index < -0.39 is 26.7 Å². The van der Waals surface area contributed by atoms with Crippen molar-refractivity contribution in [3.8, 4) is 34.5 Å². The van der Waals surface area contributed by atoms with Crippen molar-refractivity contribution in [2.75, 3.05) is 21.3 Å². The second kappa shape index (κ2) is 10.9. The zero-order valence-electron chi connectivity index (χ0n) is 20.6. The van der Waals surface area contributed by atoms with Crippen molar-refractivity contribution in [3.63, 3.8) is 0 Å². The maximum atomic E-state index is 13.4. The van der Waals surface area contributed by atoms with E-state index in [4.69, 9.17) is 14.2 Å². The van der Waals surface area contributed by atoms with Gasteiger partial charge in [-0.2, -0.15) is 0 Å². The zero-order chi connectivity index (χ0) is 26.6. The molecule has 3 heterocycles. The highest BCUT2D eigenvalue weighted by molar-refractivity contribution is 7.91. The van der Waals surface area contributed by atoms with Crippen molar-refractivity contribution in [2.45, 2.75) is 24.3 Å². The Morgan fingerprint density at radius 3 is 2.16 bits per heavy atom. The van der Waals surface area contributed by atoms with E-state index in [2.05, 4.69) is 25.1 Å². The number of sulfone groups is 1. The van der Waals surface area contributed by atoms with Crippen LogP contribution in [-0.4, -0.2) is 64.7 Å². The van der Waals surface area contributed by atoms with E-state index in [-0.39, 0.29) is 23.9 Å². The molecule has 3 aromatic heterocycles. The standard InChI is InChI=1S/C24H25FN6O5S/c1-15(11-20-27-12-16(25)13-28-20)37(32,33)14-21-29-30-24(22-17(34-2)9-6-10-26-22)31(21)23-18(35-3)7-5-8-19(23)36-4/h5-10,12-13,15H,11,14H2,1-4H3. The van der Waals surface area contributed by atoms with Crippen LogP contribution in [0.15, 0.2) is 48.9 Å². The molecule has 0 aliphatic carbocycles. The van der Waals surface area contributed by atoms with Crippen molar-refractivity contribution in [1.29, 1.82) is 0 Å². The predicted molar refractivity (Wildman–Crippen MR) is 132 cm³/mol. The molecule has 0 bridgehead atoms. The molecular weight excluding hydrogens is 503 g/mol. The van der Waals surface area contributed by atoms with Crippen LogP contribution in [0.2, 0.25) is 0 Å². The molecule has 1 aromatic carbocycles. The number of para-hydroxylation sites is 1. The summed E-state index contributed by atoms with van der Waals surface area (Å²) in [6.07, 6.45) is 3.56. The highest BCUT2D eigenvalue weighted by atomic mass is 32.2. The van der Waals surface area contributed by atoms with Crippen LogP contribution in [0, 0.1) is 5.82 Å². The number of aromatic nitrogens is 6. The Labute approximate surface area is 213 Å². The smallest absolute Gasteiger partial charge is 0.191 e. The molecule has 0 radical (unpaired) electrons. The summed E-state index contributed by atoms with van der Waals surface area (Å²) in [6, 6.07) is 8.58. The number of pyridine rings is 1. The van der Waals surface area contributed by atoms with E-state index in [0.717, 1.165) is 12.4 Å². The molecule has 1 unspecified atom stereocenters.